The van der Waals surface area contributed by atoms with Gasteiger partial charge in [-0.3, -0.25) is 0 Å². The Balaban J connectivity index is 2.48. The SMILES string of the molecule is CCOc1cc(C#N)cc(Br)c1OS(=O)(=O)c1ccc(C(=O)OC)cc1C. The Morgan fingerprint density at radius 2 is 1.96 bits per heavy atom. The number of halogens is 1. The molecule has 0 fully saturated rings. The third kappa shape index (κ3) is 4.59. The molecule has 0 aliphatic carbocycles. The average molecular weight is 454 g/mol. The van der Waals surface area contributed by atoms with Crippen LogP contribution in [-0.4, -0.2) is 28.1 Å². The fraction of sp³-hybridized carbons (Fsp3) is 0.222. The fourth-order valence-electron chi connectivity index (χ4n) is 2.31. The number of nitriles is 1. The number of aryl methyl sites for hydroxylation is 1. The number of hydrogen-bond acceptors (Lipinski definition) is 7. The molecule has 0 heterocycles. The van der Waals surface area contributed by atoms with Crippen LogP contribution in [0.15, 0.2) is 39.7 Å². The Labute approximate surface area is 165 Å². The molecule has 9 heteroatoms. The molecular weight excluding hydrogens is 438 g/mol. The van der Waals surface area contributed by atoms with Crippen molar-refractivity contribution in [2.24, 2.45) is 0 Å². The molecule has 0 radical (unpaired) electrons. The van der Waals surface area contributed by atoms with Crippen LogP contribution in [0.4, 0.5) is 0 Å². The lowest BCUT2D eigenvalue weighted by Gasteiger charge is -2.15. The van der Waals surface area contributed by atoms with Gasteiger partial charge in [0.05, 0.1) is 35.4 Å². The highest BCUT2D eigenvalue weighted by Crippen LogP contribution is 2.39. The van der Waals surface area contributed by atoms with Crippen LogP contribution < -0.4 is 8.92 Å². The molecule has 0 N–H and O–H groups in total. The molecule has 27 heavy (non-hydrogen) atoms. The van der Waals surface area contributed by atoms with Crippen LogP contribution in [0.3, 0.4) is 0 Å². The molecule has 0 spiro atoms. The van der Waals surface area contributed by atoms with Crippen molar-refractivity contribution < 1.29 is 26.9 Å². The molecule has 0 unspecified atom stereocenters. The minimum Gasteiger partial charge on any atom is -0.490 e. The summed E-state index contributed by atoms with van der Waals surface area (Å²) in [5, 5.41) is 9.06. The number of carbonyl (C=O) groups is 1. The molecule has 0 bridgehead atoms. The summed E-state index contributed by atoms with van der Waals surface area (Å²) in [7, 11) is -2.98. The maximum absolute atomic E-state index is 12.8. The van der Waals surface area contributed by atoms with Crippen LogP contribution in [-0.2, 0) is 14.9 Å². The van der Waals surface area contributed by atoms with E-state index in [0.29, 0.717) is 5.56 Å². The van der Waals surface area contributed by atoms with Gasteiger partial charge in [-0.05, 0) is 59.6 Å². The lowest BCUT2D eigenvalue weighted by atomic mass is 10.1. The minimum atomic E-state index is -4.22. The number of carbonyl (C=O) groups excluding carboxylic acids is 1. The van der Waals surface area contributed by atoms with Crippen LogP contribution in [0.1, 0.15) is 28.4 Å². The maximum Gasteiger partial charge on any atom is 0.339 e. The van der Waals surface area contributed by atoms with E-state index in [4.69, 9.17) is 14.2 Å². The van der Waals surface area contributed by atoms with E-state index >= 15 is 0 Å². The normalized spacial score (nSPS) is 10.8. The minimum absolute atomic E-state index is 0.0627. The summed E-state index contributed by atoms with van der Waals surface area (Å²) in [5.74, 6) is -0.514. The van der Waals surface area contributed by atoms with E-state index in [1.165, 1.54) is 37.4 Å². The predicted molar refractivity (Wildman–Crippen MR) is 100 cm³/mol. The highest BCUT2D eigenvalue weighted by molar-refractivity contribution is 9.10. The summed E-state index contributed by atoms with van der Waals surface area (Å²) < 4.78 is 41.1. The second kappa shape index (κ2) is 8.41. The molecule has 0 saturated heterocycles. The summed E-state index contributed by atoms with van der Waals surface area (Å²) in [5.41, 5.74) is 0.831. The Bertz CT molecular complexity index is 1030. The summed E-state index contributed by atoms with van der Waals surface area (Å²) >= 11 is 3.21. The predicted octanol–water partition coefficient (Wildman–Crippen LogP) is 3.58. The second-order valence-corrected chi connectivity index (χ2v) is 7.71. The largest absolute Gasteiger partial charge is 0.490 e. The Hall–Kier alpha value is -2.57. The van der Waals surface area contributed by atoms with Crippen LogP contribution >= 0.6 is 15.9 Å². The lowest BCUT2D eigenvalue weighted by molar-refractivity contribution is 0.0600. The molecule has 0 amide bonds. The molecule has 0 saturated carbocycles. The number of rotatable bonds is 6. The van der Waals surface area contributed by atoms with Gasteiger partial charge in [0.1, 0.15) is 4.90 Å². The van der Waals surface area contributed by atoms with Gasteiger partial charge in [0.25, 0.3) is 0 Å². The smallest absolute Gasteiger partial charge is 0.339 e. The van der Waals surface area contributed by atoms with Crippen LogP contribution in [0.25, 0.3) is 0 Å². The molecule has 142 valence electrons. The van der Waals surface area contributed by atoms with Crippen molar-refractivity contribution in [2.45, 2.75) is 18.7 Å². The topological polar surface area (TPSA) is 103 Å². The zero-order valence-corrected chi connectivity index (χ0v) is 17.2. The average Bonchev–Trinajstić information content (AvgIpc) is 2.63. The van der Waals surface area contributed by atoms with Gasteiger partial charge in [0.2, 0.25) is 0 Å². The third-order valence-electron chi connectivity index (χ3n) is 3.50. The van der Waals surface area contributed by atoms with Crippen molar-refractivity contribution in [3.8, 4) is 17.6 Å². The first-order chi connectivity index (χ1) is 12.7. The molecule has 0 aliphatic heterocycles. The first-order valence-electron chi connectivity index (χ1n) is 7.73. The van der Waals surface area contributed by atoms with E-state index in [1.807, 2.05) is 6.07 Å². The summed E-state index contributed by atoms with van der Waals surface area (Å²) in [6.07, 6.45) is 0. The molecule has 0 aromatic heterocycles. The van der Waals surface area contributed by atoms with Crippen molar-refractivity contribution in [1.29, 1.82) is 5.26 Å². The first kappa shape index (κ1) is 20.7. The van der Waals surface area contributed by atoms with Gasteiger partial charge in [-0.15, -0.1) is 0 Å². The summed E-state index contributed by atoms with van der Waals surface area (Å²) in [6, 6.07) is 8.80. The number of benzene rings is 2. The molecular formula is C18H16BrNO6S. The number of methoxy groups -OCH3 is 1. The van der Waals surface area contributed by atoms with Crippen LogP contribution in [0, 0.1) is 18.3 Å². The number of nitrogens with zero attached hydrogens (tertiary/aromatic N) is 1. The van der Waals surface area contributed by atoms with Gasteiger partial charge in [0.15, 0.2) is 11.5 Å². The first-order valence-corrected chi connectivity index (χ1v) is 9.93. The van der Waals surface area contributed by atoms with Gasteiger partial charge in [-0.2, -0.15) is 13.7 Å². The Morgan fingerprint density at radius 3 is 2.52 bits per heavy atom. The Kier molecular flexibility index (Phi) is 6.46. The number of hydrogen-bond donors (Lipinski definition) is 0. The molecule has 2 aromatic carbocycles. The van der Waals surface area contributed by atoms with E-state index < -0.39 is 16.1 Å². The van der Waals surface area contributed by atoms with E-state index in [-0.39, 0.29) is 38.6 Å². The van der Waals surface area contributed by atoms with Crippen LogP contribution in [0.2, 0.25) is 0 Å². The van der Waals surface area contributed by atoms with E-state index in [2.05, 4.69) is 20.7 Å². The third-order valence-corrected chi connectivity index (χ3v) is 5.47. The highest BCUT2D eigenvalue weighted by atomic mass is 79.9. The van der Waals surface area contributed by atoms with E-state index in [0.717, 1.165) is 0 Å². The van der Waals surface area contributed by atoms with Gasteiger partial charge in [0, 0.05) is 6.07 Å². The monoisotopic (exact) mass is 453 g/mol. The second-order valence-electron chi connectivity index (χ2n) is 5.34. The fourth-order valence-corrected chi connectivity index (χ4v) is 4.10. The summed E-state index contributed by atoms with van der Waals surface area (Å²) in [6.45, 7) is 3.52. The van der Waals surface area contributed by atoms with Gasteiger partial charge < -0.3 is 13.7 Å². The van der Waals surface area contributed by atoms with Crippen molar-refractivity contribution in [1.82, 2.24) is 0 Å². The van der Waals surface area contributed by atoms with Crippen molar-refractivity contribution in [3.63, 3.8) is 0 Å². The molecule has 0 aliphatic rings. The molecule has 2 aromatic rings. The zero-order chi connectivity index (χ0) is 20.2. The van der Waals surface area contributed by atoms with Gasteiger partial charge >= 0.3 is 16.1 Å². The highest BCUT2D eigenvalue weighted by Gasteiger charge is 2.24. The Morgan fingerprint density at radius 1 is 1.26 bits per heavy atom. The van der Waals surface area contributed by atoms with Gasteiger partial charge in [-0.25, -0.2) is 4.79 Å². The number of esters is 1. The van der Waals surface area contributed by atoms with Gasteiger partial charge in [-0.1, -0.05) is 0 Å². The standard InChI is InChI=1S/C18H16BrNO6S/c1-4-25-15-9-12(10-20)8-14(19)17(15)26-27(22,23)16-6-5-13(7-11(16)2)18(21)24-3/h5-9H,4H2,1-3H3. The number of ether oxygens (including phenoxy) is 2. The van der Waals surface area contributed by atoms with Crippen molar-refractivity contribution in [2.75, 3.05) is 13.7 Å². The van der Waals surface area contributed by atoms with E-state index in [9.17, 15) is 13.2 Å². The molecule has 7 nitrogen and oxygen atoms in total. The molecule has 2 rings (SSSR count). The molecule has 0 atom stereocenters. The quantitative estimate of drug-likeness (QED) is 0.486. The maximum atomic E-state index is 12.8. The summed E-state index contributed by atoms with van der Waals surface area (Å²) in [4.78, 5) is 11.5. The van der Waals surface area contributed by atoms with Crippen LogP contribution in [0.5, 0.6) is 11.5 Å². The van der Waals surface area contributed by atoms with E-state index in [1.54, 1.807) is 13.8 Å². The lowest BCUT2D eigenvalue weighted by Crippen LogP contribution is -2.13. The zero-order valence-electron chi connectivity index (χ0n) is 14.8. The van der Waals surface area contributed by atoms with Crippen molar-refractivity contribution in [3.05, 3.63) is 51.5 Å². The van der Waals surface area contributed by atoms with Crippen molar-refractivity contribution >= 4 is 32.0 Å².